The van der Waals surface area contributed by atoms with E-state index in [-0.39, 0.29) is 17.6 Å². The number of hydrogen-bond donors (Lipinski definition) is 1. The van der Waals surface area contributed by atoms with E-state index in [9.17, 15) is 4.79 Å². The fourth-order valence-electron chi connectivity index (χ4n) is 3.40. The number of aryl methyl sites for hydroxylation is 1. The predicted octanol–water partition coefficient (Wildman–Crippen LogP) is 4.19. The molecule has 1 aromatic heterocycles. The first-order chi connectivity index (χ1) is 12.9. The van der Waals surface area contributed by atoms with E-state index in [1.807, 2.05) is 30.1 Å². The monoisotopic (exact) mass is 409 g/mol. The number of aromatic nitrogens is 2. The Labute approximate surface area is 168 Å². The fourth-order valence-corrected chi connectivity index (χ4v) is 3.76. The van der Waals surface area contributed by atoms with Gasteiger partial charge in [0.15, 0.2) is 5.82 Å². The third kappa shape index (κ3) is 5.02. The Balaban J connectivity index is 1.50. The molecule has 0 aliphatic heterocycles. The largest absolute Gasteiger partial charge is 0.494 e. The van der Waals surface area contributed by atoms with Crippen molar-refractivity contribution in [3.05, 3.63) is 45.8 Å². The molecule has 1 aliphatic carbocycles. The first-order valence-electron chi connectivity index (χ1n) is 8.80. The third-order valence-corrected chi connectivity index (χ3v) is 5.15. The Morgan fingerprint density at radius 2 is 2.22 bits per heavy atom. The van der Waals surface area contributed by atoms with Gasteiger partial charge in [-0.05, 0) is 60.0 Å². The minimum atomic E-state index is -0.748. The van der Waals surface area contributed by atoms with Crippen LogP contribution in [-0.2, 0) is 11.2 Å². The summed E-state index contributed by atoms with van der Waals surface area (Å²) < 4.78 is 5.85. The van der Waals surface area contributed by atoms with Crippen molar-refractivity contribution in [2.75, 3.05) is 25.1 Å². The lowest BCUT2D eigenvalue weighted by atomic mass is 9.98. The molecule has 0 amide bonds. The van der Waals surface area contributed by atoms with Crippen molar-refractivity contribution in [2.45, 2.75) is 31.6 Å². The van der Waals surface area contributed by atoms with E-state index in [4.69, 9.17) is 33.0 Å². The molecule has 2 aromatic rings. The maximum atomic E-state index is 11.0. The summed E-state index contributed by atoms with van der Waals surface area (Å²) >= 11 is 11.9. The molecule has 0 spiro atoms. The maximum Gasteiger partial charge on any atom is 0.303 e. The average Bonchev–Trinajstić information content (AvgIpc) is 3.02. The van der Waals surface area contributed by atoms with Crippen LogP contribution in [0.2, 0.25) is 10.3 Å². The van der Waals surface area contributed by atoms with Crippen LogP contribution in [0.5, 0.6) is 5.75 Å². The predicted molar refractivity (Wildman–Crippen MR) is 105 cm³/mol. The van der Waals surface area contributed by atoms with E-state index in [1.54, 1.807) is 0 Å². The molecular weight excluding hydrogens is 389 g/mol. The van der Waals surface area contributed by atoms with Gasteiger partial charge in [0.1, 0.15) is 10.8 Å². The number of nitrogens with zero attached hydrogens (tertiary/aromatic N) is 3. The van der Waals surface area contributed by atoms with Crippen molar-refractivity contribution >= 4 is 35.0 Å². The van der Waals surface area contributed by atoms with Crippen LogP contribution in [0.4, 0.5) is 5.82 Å². The van der Waals surface area contributed by atoms with E-state index < -0.39 is 5.97 Å². The molecule has 0 bridgehead atoms. The molecule has 1 aromatic carbocycles. The van der Waals surface area contributed by atoms with Gasteiger partial charge in [0, 0.05) is 13.6 Å². The van der Waals surface area contributed by atoms with Crippen molar-refractivity contribution in [2.24, 2.45) is 0 Å². The van der Waals surface area contributed by atoms with Crippen LogP contribution >= 0.6 is 23.2 Å². The Hall–Kier alpha value is -2.05. The highest BCUT2D eigenvalue weighted by molar-refractivity contribution is 6.33. The molecule has 0 saturated heterocycles. The summed E-state index contributed by atoms with van der Waals surface area (Å²) in [5.41, 5.74) is 2.33. The molecule has 6 nitrogen and oxygen atoms in total. The summed E-state index contributed by atoms with van der Waals surface area (Å²) in [6, 6.07) is 5.95. The summed E-state index contributed by atoms with van der Waals surface area (Å²) in [5, 5.41) is 9.62. The van der Waals surface area contributed by atoms with Gasteiger partial charge in [0.25, 0.3) is 0 Å². The minimum Gasteiger partial charge on any atom is -0.494 e. The summed E-state index contributed by atoms with van der Waals surface area (Å²) in [6.07, 6.45) is 4.25. The fraction of sp³-hybridized carbons (Fsp3) is 0.421. The van der Waals surface area contributed by atoms with Crippen LogP contribution in [0.1, 0.15) is 36.3 Å². The first-order valence-corrected chi connectivity index (χ1v) is 9.56. The summed E-state index contributed by atoms with van der Waals surface area (Å²) in [6.45, 7) is 1.26. The van der Waals surface area contributed by atoms with Gasteiger partial charge in [-0.15, -0.1) is 0 Å². The molecule has 144 valence electrons. The number of benzene rings is 1. The molecule has 0 saturated carbocycles. The van der Waals surface area contributed by atoms with Crippen LogP contribution in [0.3, 0.4) is 0 Å². The topological polar surface area (TPSA) is 75.5 Å². The number of fused-ring (bicyclic) bond motifs is 1. The van der Waals surface area contributed by atoms with Crippen LogP contribution in [0.15, 0.2) is 24.4 Å². The molecule has 8 heteroatoms. The van der Waals surface area contributed by atoms with Gasteiger partial charge < -0.3 is 14.7 Å². The molecule has 1 atom stereocenters. The highest BCUT2D eigenvalue weighted by atomic mass is 35.5. The molecule has 0 unspecified atom stereocenters. The molecule has 0 radical (unpaired) electrons. The molecule has 0 fully saturated rings. The number of halogens is 2. The van der Waals surface area contributed by atoms with Gasteiger partial charge in [-0.3, -0.25) is 4.79 Å². The van der Waals surface area contributed by atoms with Crippen molar-refractivity contribution in [3.63, 3.8) is 0 Å². The van der Waals surface area contributed by atoms with Gasteiger partial charge >= 0.3 is 5.97 Å². The number of carbonyl (C=O) groups is 1. The Morgan fingerprint density at radius 1 is 1.41 bits per heavy atom. The number of aliphatic carboxylic acids is 1. The van der Waals surface area contributed by atoms with Gasteiger partial charge in [-0.25, -0.2) is 4.98 Å². The highest BCUT2D eigenvalue weighted by Gasteiger charge is 2.24. The second kappa shape index (κ2) is 8.76. The number of anilines is 1. The van der Waals surface area contributed by atoms with Crippen LogP contribution in [0, 0.1) is 0 Å². The SMILES string of the molecule is CN(CCCOc1ccc2c(c1)CC[C@H]2CC(=O)O)c1nc(Cl)ncc1Cl. The van der Waals surface area contributed by atoms with Crippen LogP contribution in [0.25, 0.3) is 0 Å². The number of hydrogen-bond acceptors (Lipinski definition) is 5. The van der Waals surface area contributed by atoms with E-state index in [0.717, 1.165) is 30.6 Å². The van der Waals surface area contributed by atoms with Crippen LogP contribution in [-0.4, -0.2) is 41.2 Å². The van der Waals surface area contributed by atoms with E-state index in [0.29, 0.717) is 24.0 Å². The Morgan fingerprint density at radius 3 is 3.00 bits per heavy atom. The van der Waals surface area contributed by atoms with E-state index in [2.05, 4.69) is 9.97 Å². The highest BCUT2D eigenvalue weighted by Crippen LogP contribution is 2.37. The standard InChI is InChI=1S/C19H21Cl2N3O3/c1-24(18-16(20)11-22-19(21)23-18)7-2-8-27-14-5-6-15-12(9-14)3-4-13(15)10-17(25)26/h5-6,9,11,13H,2-4,7-8,10H2,1H3,(H,25,26)/t13-/m0/s1. The normalized spacial score (nSPS) is 15.4. The Bertz CT molecular complexity index is 832. The smallest absolute Gasteiger partial charge is 0.303 e. The quantitative estimate of drug-likeness (QED) is 0.520. The number of rotatable bonds is 8. The second-order valence-corrected chi connectivity index (χ2v) is 7.37. The summed E-state index contributed by atoms with van der Waals surface area (Å²) in [4.78, 5) is 20.9. The number of carboxylic acids is 1. The zero-order chi connectivity index (χ0) is 19.4. The lowest BCUT2D eigenvalue weighted by Crippen LogP contribution is -2.22. The minimum absolute atomic E-state index is 0.115. The lowest BCUT2D eigenvalue weighted by Gasteiger charge is -2.19. The lowest BCUT2D eigenvalue weighted by molar-refractivity contribution is -0.137. The van der Waals surface area contributed by atoms with E-state index >= 15 is 0 Å². The van der Waals surface area contributed by atoms with Crippen molar-refractivity contribution < 1.29 is 14.6 Å². The zero-order valence-corrected chi connectivity index (χ0v) is 16.5. The van der Waals surface area contributed by atoms with Crippen molar-refractivity contribution in [3.8, 4) is 5.75 Å². The summed E-state index contributed by atoms with van der Waals surface area (Å²) in [5.74, 6) is 0.779. The van der Waals surface area contributed by atoms with Gasteiger partial charge in [0.2, 0.25) is 5.28 Å². The van der Waals surface area contributed by atoms with Gasteiger partial charge in [0.05, 0.1) is 19.2 Å². The van der Waals surface area contributed by atoms with Crippen LogP contribution < -0.4 is 9.64 Å². The van der Waals surface area contributed by atoms with Crippen molar-refractivity contribution in [1.82, 2.24) is 9.97 Å². The van der Waals surface area contributed by atoms with Crippen molar-refractivity contribution in [1.29, 1.82) is 0 Å². The average molecular weight is 410 g/mol. The first kappa shape index (κ1) is 19.7. The number of ether oxygens (including phenoxy) is 1. The molecule has 27 heavy (non-hydrogen) atoms. The summed E-state index contributed by atoms with van der Waals surface area (Å²) in [7, 11) is 1.89. The third-order valence-electron chi connectivity index (χ3n) is 4.70. The molecular formula is C19H21Cl2N3O3. The zero-order valence-electron chi connectivity index (χ0n) is 15.0. The Kier molecular flexibility index (Phi) is 6.39. The number of carboxylic acid groups (broad SMARTS) is 1. The second-order valence-electron chi connectivity index (χ2n) is 6.63. The van der Waals surface area contributed by atoms with Gasteiger partial charge in [-0.2, -0.15) is 4.98 Å². The molecule has 1 N–H and O–H groups in total. The van der Waals surface area contributed by atoms with Gasteiger partial charge in [-0.1, -0.05) is 17.7 Å². The molecule has 1 aliphatic rings. The molecule has 3 rings (SSSR count). The van der Waals surface area contributed by atoms with E-state index in [1.165, 1.54) is 11.8 Å². The maximum absolute atomic E-state index is 11.0. The molecule has 1 heterocycles.